The molecule has 0 rings (SSSR count). The number of carbonyl (C=O) groups is 1. The quantitative estimate of drug-likeness (QED) is 0.621. The Morgan fingerprint density at radius 3 is 2.50 bits per heavy atom. The minimum atomic E-state index is -0.905. The van der Waals surface area contributed by atoms with Crippen LogP contribution in [0.2, 0.25) is 0 Å². The summed E-state index contributed by atoms with van der Waals surface area (Å²) in [4.78, 5) is 10.6. The number of hydrogen-bond acceptors (Lipinski definition) is 2. The predicted octanol–water partition coefficient (Wildman–Crippen LogP) is 1.54. The molecule has 0 aliphatic heterocycles. The highest BCUT2D eigenvalue weighted by atomic mass is 16.4. The van der Waals surface area contributed by atoms with E-state index in [1.54, 1.807) is 0 Å². The molecule has 12 heavy (non-hydrogen) atoms. The van der Waals surface area contributed by atoms with Gasteiger partial charge in [-0.25, -0.2) is 15.2 Å². The van der Waals surface area contributed by atoms with Crippen molar-refractivity contribution in [2.24, 2.45) is 5.92 Å². The van der Waals surface area contributed by atoms with Gasteiger partial charge >= 0.3 is 6.09 Å². The van der Waals surface area contributed by atoms with E-state index in [0.717, 1.165) is 6.42 Å². The van der Waals surface area contributed by atoms with Crippen LogP contribution in [0, 0.1) is 5.92 Å². The minimum Gasteiger partial charge on any atom is -0.464 e. The Kier molecular flexibility index (Phi) is 5.45. The highest BCUT2D eigenvalue weighted by molar-refractivity contribution is 5.64. The summed E-state index contributed by atoms with van der Waals surface area (Å²) in [5.41, 5.74) is 2.85. The van der Waals surface area contributed by atoms with Crippen molar-refractivity contribution in [1.29, 1.82) is 0 Å². The van der Waals surface area contributed by atoms with Crippen LogP contribution in [0.25, 0.3) is 0 Å². The number of rotatable bonds is 5. The lowest BCUT2D eigenvalue weighted by Crippen LogP contribution is -2.44. The molecule has 0 bridgehead atoms. The molecule has 1 amide bonds. The van der Waals surface area contributed by atoms with Crippen molar-refractivity contribution in [1.82, 2.24) is 10.4 Å². The van der Waals surface area contributed by atoms with Gasteiger partial charge in [0.2, 0.25) is 0 Å². The first kappa shape index (κ1) is 11.2. The fourth-order valence-corrected chi connectivity index (χ4v) is 0.759. The van der Waals surface area contributed by atoms with Crippen molar-refractivity contribution < 1.29 is 9.90 Å². The lowest BCUT2D eigenvalue weighted by Gasteiger charge is -2.20. The monoisotopic (exact) mass is 174 g/mol. The van der Waals surface area contributed by atoms with Crippen molar-refractivity contribution in [3.63, 3.8) is 0 Å². The summed E-state index contributed by atoms with van der Waals surface area (Å²) in [6, 6.07) is 0. The summed E-state index contributed by atoms with van der Waals surface area (Å²) in [6.07, 6.45) is -0.0743. The molecule has 0 aromatic carbocycles. The molecule has 0 unspecified atom stereocenters. The molecule has 0 aliphatic carbocycles. The van der Waals surface area contributed by atoms with Gasteiger partial charge in [-0.2, -0.15) is 0 Å². The molecule has 4 nitrogen and oxygen atoms in total. The zero-order valence-electron chi connectivity index (χ0n) is 8.00. The maximum Gasteiger partial charge on any atom is 0.421 e. The Hall–Kier alpha value is -0.770. The minimum absolute atomic E-state index is 0.462. The SMILES string of the molecule is CCCN(NCC(C)C)C(=O)O. The van der Waals surface area contributed by atoms with Gasteiger partial charge in [0.1, 0.15) is 0 Å². The summed E-state index contributed by atoms with van der Waals surface area (Å²) < 4.78 is 0. The van der Waals surface area contributed by atoms with Gasteiger partial charge in [0.25, 0.3) is 0 Å². The molecule has 0 atom stereocenters. The van der Waals surface area contributed by atoms with Gasteiger partial charge in [-0.3, -0.25) is 0 Å². The third-order valence-electron chi connectivity index (χ3n) is 1.37. The fraction of sp³-hybridized carbons (Fsp3) is 0.875. The predicted molar refractivity (Wildman–Crippen MR) is 47.9 cm³/mol. The topological polar surface area (TPSA) is 52.6 Å². The van der Waals surface area contributed by atoms with Crippen molar-refractivity contribution in [3.8, 4) is 0 Å². The fourth-order valence-electron chi connectivity index (χ4n) is 0.759. The number of hydrazine groups is 1. The van der Waals surface area contributed by atoms with Crippen molar-refractivity contribution in [2.45, 2.75) is 27.2 Å². The molecule has 0 spiro atoms. The van der Waals surface area contributed by atoms with Crippen LogP contribution in [0.5, 0.6) is 0 Å². The molecule has 4 heteroatoms. The third kappa shape index (κ3) is 4.96. The van der Waals surface area contributed by atoms with E-state index in [4.69, 9.17) is 5.11 Å². The Morgan fingerprint density at radius 2 is 2.17 bits per heavy atom. The van der Waals surface area contributed by atoms with Crippen molar-refractivity contribution in [3.05, 3.63) is 0 Å². The molecular formula is C8H18N2O2. The first-order valence-corrected chi connectivity index (χ1v) is 4.31. The van der Waals surface area contributed by atoms with Crippen LogP contribution in [0.15, 0.2) is 0 Å². The van der Waals surface area contributed by atoms with E-state index in [0.29, 0.717) is 19.0 Å². The van der Waals surface area contributed by atoms with Gasteiger partial charge in [0.15, 0.2) is 0 Å². The molecule has 0 heterocycles. The van der Waals surface area contributed by atoms with Crippen LogP contribution in [0.3, 0.4) is 0 Å². The lowest BCUT2D eigenvalue weighted by atomic mass is 10.2. The Balaban J connectivity index is 3.71. The molecule has 0 radical (unpaired) electrons. The molecule has 0 saturated carbocycles. The second kappa shape index (κ2) is 5.83. The summed E-state index contributed by atoms with van der Waals surface area (Å²) in [7, 11) is 0. The van der Waals surface area contributed by atoms with Crippen LogP contribution in [-0.2, 0) is 0 Å². The smallest absolute Gasteiger partial charge is 0.421 e. The van der Waals surface area contributed by atoms with Crippen LogP contribution in [-0.4, -0.2) is 29.3 Å². The van der Waals surface area contributed by atoms with Crippen LogP contribution < -0.4 is 5.43 Å². The van der Waals surface area contributed by atoms with Gasteiger partial charge in [-0.15, -0.1) is 0 Å². The Labute approximate surface area is 73.5 Å². The van der Waals surface area contributed by atoms with E-state index >= 15 is 0 Å². The molecule has 0 aliphatic rings. The zero-order chi connectivity index (χ0) is 9.56. The lowest BCUT2D eigenvalue weighted by molar-refractivity contribution is 0.117. The number of amides is 1. The van der Waals surface area contributed by atoms with E-state index in [-0.39, 0.29) is 0 Å². The van der Waals surface area contributed by atoms with E-state index in [1.807, 2.05) is 20.8 Å². The first-order chi connectivity index (χ1) is 5.57. The van der Waals surface area contributed by atoms with Crippen molar-refractivity contribution >= 4 is 6.09 Å². The third-order valence-corrected chi connectivity index (χ3v) is 1.37. The maximum atomic E-state index is 10.6. The van der Waals surface area contributed by atoms with Gasteiger partial charge in [-0.05, 0) is 12.3 Å². The summed E-state index contributed by atoms with van der Waals surface area (Å²) in [5.74, 6) is 0.462. The van der Waals surface area contributed by atoms with Crippen LogP contribution >= 0.6 is 0 Å². The van der Waals surface area contributed by atoms with Crippen molar-refractivity contribution in [2.75, 3.05) is 13.1 Å². The largest absolute Gasteiger partial charge is 0.464 e. The Morgan fingerprint density at radius 1 is 1.58 bits per heavy atom. The van der Waals surface area contributed by atoms with Gasteiger partial charge in [0, 0.05) is 13.1 Å². The summed E-state index contributed by atoms with van der Waals surface area (Å²) in [6.45, 7) is 7.28. The molecule has 2 N–H and O–H groups in total. The zero-order valence-corrected chi connectivity index (χ0v) is 8.00. The highest BCUT2D eigenvalue weighted by Gasteiger charge is 2.09. The van der Waals surface area contributed by atoms with E-state index in [1.165, 1.54) is 5.01 Å². The van der Waals surface area contributed by atoms with Gasteiger partial charge in [0.05, 0.1) is 0 Å². The Bertz CT molecular complexity index is 137. The highest BCUT2D eigenvalue weighted by Crippen LogP contribution is 1.92. The molecule has 0 aromatic rings. The standard InChI is InChI=1S/C8H18N2O2/c1-4-5-10(8(11)12)9-6-7(2)3/h7,9H,4-6H2,1-3H3,(H,11,12). The van der Waals surface area contributed by atoms with Crippen LogP contribution in [0.4, 0.5) is 4.79 Å². The normalized spacial score (nSPS) is 10.3. The molecule has 0 fully saturated rings. The molecule has 0 aromatic heterocycles. The number of nitrogens with one attached hydrogen (secondary N) is 1. The van der Waals surface area contributed by atoms with Gasteiger partial charge < -0.3 is 5.11 Å². The van der Waals surface area contributed by atoms with E-state index < -0.39 is 6.09 Å². The maximum absolute atomic E-state index is 10.6. The number of nitrogens with zero attached hydrogens (tertiary/aromatic N) is 1. The summed E-state index contributed by atoms with van der Waals surface area (Å²) in [5, 5.41) is 9.92. The summed E-state index contributed by atoms with van der Waals surface area (Å²) >= 11 is 0. The number of hydrogen-bond donors (Lipinski definition) is 2. The van der Waals surface area contributed by atoms with Crippen LogP contribution in [0.1, 0.15) is 27.2 Å². The molecule has 72 valence electrons. The second-order valence-electron chi connectivity index (χ2n) is 3.19. The number of carboxylic acid groups (broad SMARTS) is 1. The average molecular weight is 174 g/mol. The average Bonchev–Trinajstić information content (AvgIpc) is 1.96. The van der Waals surface area contributed by atoms with Gasteiger partial charge in [-0.1, -0.05) is 20.8 Å². The first-order valence-electron chi connectivity index (χ1n) is 4.31. The second-order valence-corrected chi connectivity index (χ2v) is 3.19. The molecular weight excluding hydrogens is 156 g/mol. The van der Waals surface area contributed by atoms with E-state index in [9.17, 15) is 4.79 Å². The van der Waals surface area contributed by atoms with E-state index in [2.05, 4.69) is 5.43 Å². The molecule has 0 saturated heterocycles.